The van der Waals surface area contributed by atoms with E-state index in [-0.39, 0.29) is 0 Å². The average molecular weight is 262 g/mol. The standard InChI is InChI=1S/C18H18N2/c1-14-18(13-16-9-5-3-6-10-16)15(2)20(19-14)17-11-7-4-8-12-17/h3-12H,13H2,1-2H3. The van der Waals surface area contributed by atoms with Crippen molar-refractivity contribution in [1.82, 2.24) is 9.78 Å². The lowest BCUT2D eigenvalue weighted by molar-refractivity contribution is 0.833. The monoisotopic (exact) mass is 262 g/mol. The number of rotatable bonds is 3. The van der Waals surface area contributed by atoms with Crippen molar-refractivity contribution in [3.63, 3.8) is 0 Å². The third kappa shape index (κ3) is 2.37. The Morgan fingerprint density at radius 2 is 1.45 bits per heavy atom. The zero-order valence-corrected chi connectivity index (χ0v) is 11.9. The molecule has 1 heterocycles. The Balaban J connectivity index is 1.99. The summed E-state index contributed by atoms with van der Waals surface area (Å²) in [5, 5.41) is 4.69. The summed E-state index contributed by atoms with van der Waals surface area (Å²) >= 11 is 0. The van der Waals surface area contributed by atoms with Gasteiger partial charge in [-0.25, -0.2) is 4.68 Å². The van der Waals surface area contributed by atoms with Crippen molar-refractivity contribution in [2.75, 3.05) is 0 Å². The minimum Gasteiger partial charge on any atom is -0.238 e. The predicted octanol–water partition coefficient (Wildman–Crippen LogP) is 4.08. The van der Waals surface area contributed by atoms with Gasteiger partial charge in [-0.05, 0) is 31.5 Å². The third-order valence-electron chi connectivity index (χ3n) is 3.67. The van der Waals surface area contributed by atoms with Crippen LogP contribution in [-0.2, 0) is 6.42 Å². The normalized spacial score (nSPS) is 10.7. The smallest absolute Gasteiger partial charge is 0.0648 e. The van der Waals surface area contributed by atoms with E-state index < -0.39 is 0 Å². The number of aromatic nitrogens is 2. The summed E-state index contributed by atoms with van der Waals surface area (Å²) in [5.74, 6) is 0. The largest absolute Gasteiger partial charge is 0.238 e. The number of nitrogens with zero attached hydrogens (tertiary/aromatic N) is 2. The van der Waals surface area contributed by atoms with Crippen molar-refractivity contribution in [2.24, 2.45) is 0 Å². The van der Waals surface area contributed by atoms with Crippen LogP contribution in [0.3, 0.4) is 0 Å². The fraction of sp³-hybridized carbons (Fsp3) is 0.167. The van der Waals surface area contributed by atoms with Gasteiger partial charge in [-0.15, -0.1) is 0 Å². The molecule has 20 heavy (non-hydrogen) atoms. The fourth-order valence-electron chi connectivity index (χ4n) is 2.55. The molecule has 0 saturated heterocycles. The molecule has 0 fully saturated rings. The second-order valence-electron chi connectivity index (χ2n) is 5.06. The van der Waals surface area contributed by atoms with Gasteiger partial charge in [-0.1, -0.05) is 48.5 Å². The first-order valence-electron chi connectivity index (χ1n) is 6.90. The van der Waals surface area contributed by atoms with Crippen LogP contribution in [-0.4, -0.2) is 9.78 Å². The average Bonchev–Trinajstić information content (AvgIpc) is 2.77. The molecule has 2 aromatic carbocycles. The van der Waals surface area contributed by atoms with Crippen LogP contribution in [0.5, 0.6) is 0 Å². The molecule has 0 aliphatic heterocycles. The molecule has 0 atom stereocenters. The van der Waals surface area contributed by atoms with Gasteiger partial charge in [-0.3, -0.25) is 0 Å². The highest BCUT2D eigenvalue weighted by Gasteiger charge is 2.12. The van der Waals surface area contributed by atoms with Crippen LogP contribution in [0, 0.1) is 13.8 Å². The van der Waals surface area contributed by atoms with Gasteiger partial charge in [0.2, 0.25) is 0 Å². The summed E-state index contributed by atoms with van der Waals surface area (Å²) in [6, 6.07) is 20.8. The zero-order valence-electron chi connectivity index (χ0n) is 11.9. The van der Waals surface area contributed by atoms with Gasteiger partial charge in [0.15, 0.2) is 0 Å². The summed E-state index contributed by atoms with van der Waals surface area (Å²) < 4.78 is 2.04. The SMILES string of the molecule is Cc1nn(-c2ccccc2)c(C)c1Cc1ccccc1. The van der Waals surface area contributed by atoms with Crippen molar-refractivity contribution in [2.45, 2.75) is 20.3 Å². The van der Waals surface area contributed by atoms with Crippen LogP contribution in [0.25, 0.3) is 5.69 Å². The lowest BCUT2D eigenvalue weighted by atomic mass is 10.0. The number of hydrogen-bond acceptors (Lipinski definition) is 1. The van der Waals surface area contributed by atoms with Crippen molar-refractivity contribution in [3.8, 4) is 5.69 Å². The van der Waals surface area contributed by atoms with Crippen LogP contribution in [0.15, 0.2) is 60.7 Å². The van der Waals surface area contributed by atoms with E-state index in [2.05, 4.69) is 56.3 Å². The quantitative estimate of drug-likeness (QED) is 0.695. The van der Waals surface area contributed by atoms with Crippen molar-refractivity contribution < 1.29 is 0 Å². The van der Waals surface area contributed by atoms with Gasteiger partial charge in [-0.2, -0.15) is 5.10 Å². The molecule has 0 aliphatic carbocycles. The number of benzene rings is 2. The third-order valence-corrected chi connectivity index (χ3v) is 3.67. The second-order valence-corrected chi connectivity index (χ2v) is 5.06. The van der Waals surface area contributed by atoms with E-state index in [1.54, 1.807) is 0 Å². The van der Waals surface area contributed by atoms with Crippen LogP contribution in [0.1, 0.15) is 22.5 Å². The Morgan fingerprint density at radius 1 is 0.850 bits per heavy atom. The Morgan fingerprint density at radius 3 is 2.10 bits per heavy atom. The van der Waals surface area contributed by atoms with E-state index in [4.69, 9.17) is 5.10 Å². The van der Waals surface area contributed by atoms with Crippen LogP contribution >= 0.6 is 0 Å². The highest BCUT2D eigenvalue weighted by molar-refractivity contribution is 5.39. The summed E-state index contributed by atoms with van der Waals surface area (Å²) in [7, 11) is 0. The van der Waals surface area contributed by atoms with E-state index in [1.165, 1.54) is 16.8 Å². The van der Waals surface area contributed by atoms with Crippen LogP contribution < -0.4 is 0 Å². The highest BCUT2D eigenvalue weighted by atomic mass is 15.3. The molecule has 0 radical (unpaired) electrons. The molecular formula is C18H18N2. The van der Waals surface area contributed by atoms with E-state index in [1.807, 2.05) is 22.9 Å². The van der Waals surface area contributed by atoms with Gasteiger partial charge in [0, 0.05) is 17.7 Å². The van der Waals surface area contributed by atoms with Crippen LogP contribution in [0.2, 0.25) is 0 Å². The first-order chi connectivity index (χ1) is 9.75. The van der Waals surface area contributed by atoms with Gasteiger partial charge >= 0.3 is 0 Å². The lowest BCUT2D eigenvalue weighted by Gasteiger charge is -2.05. The zero-order chi connectivity index (χ0) is 13.9. The van der Waals surface area contributed by atoms with Crippen molar-refractivity contribution >= 4 is 0 Å². The van der Waals surface area contributed by atoms with E-state index in [0.29, 0.717) is 0 Å². The van der Waals surface area contributed by atoms with Gasteiger partial charge in [0.1, 0.15) is 0 Å². The Labute approximate surface area is 119 Å². The lowest BCUT2D eigenvalue weighted by Crippen LogP contribution is -1.99. The van der Waals surface area contributed by atoms with Gasteiger partial charge in [0.25, 0.3) is 0 Å². The number of para-hydroxylation sites is 1. The molecule has 100 valence electrons. The Kier molecular flexibility index (Phi) is 3.38. The molecule has 0 aliphatic rings. The first-order valence-corrected chi connectivity index (χ1v) is 6.90. The second kappa shape index (κ2) is 5.33. The van der Waals surface area contributed by atoms with Gasteiger partial charge < -0.3 is 0 Å². The molecule has 0 unspecified atom stereocenters. The predicted molar refractivity (Wildman–Crippen MR) is 82.3 cm³/mol. The molecule has 0 spiro atoms. The molecule has 0 saturated carbocycles. The molecule has 3 aromatic rings. The summed E-state index contributed by atoms with van der Waals surface area (Å²) in [5.41, 5.74) is 6.09. The molecule has 0 amide bonds. The van der Waals surface area contributed by atoms with Crippen molar-refractivity contribution in [3.05, 3.63) is 83.2 Å². The maximum atomic E-state index is 4.69. The van der Waals surface area contributed by atoms with E-state index in [9.17, 15) is 0 Å². The maximum absolute atomic E-state index is 4.69. The molecule has 2 heteroatoms. The van der Waals surface area contributed by atoms with E-state index >= 15 is 0 Å². The topological polar surface area (TPSA) is 17.8 Å². The molecule has 1 aromatic heterocycles. The van der Waals surface area contributed by atoms with Crippen LogP contribution in [0.4, 0.5) is 0 Å². The molecule has 0 bridgehead atoms. The maximum Gasteiger partial charge on any atom is 0.0648 e. The summed E-state index contributed by atoms with van der Waals surface area (Å²) in [6.07, 6.45) is 0.936. The minimum atomic E-state index is 0.936. The summed E-state index contributed by atoms with van der Waals surface area (Å²) in [6.45, 7) is 4.23. The van der Waals surface area contributed by atoms with E-state index in [0.717, 1.165) is 17.8 Å². The van der Waals surface area contributed by atoms with Crippen molar-refractivity contribution in [1.29, 1.82) is 0 Å². The molecular weight excluding hydrogens is 244 g/mol. The number of hydrogen-bond donors (Lipinski definition) is 0. The molecule has 0 N–H and O–H groups in total. The highest BCUT2D eigenvalue weighted by Crippen LogP contribution is 2.20. The molecule has 3 rings (SSSR count). The molecule has 2 nitrogen and oxygen atoms in total. The summed E-state index contributed by atoms with van der Waals surface area (Å²) in [4.78, 5) is 0. The first kappa shape index (κ1) is 12.7. The Bertz CT molecular complexity index is 697. The fourth-order valence-corrected chi connectivity index (χ4v) is 2.55. The number of aryl methyl sites for hydroxylation is 1. The van der Waals surface area contributed by atoms with Gasteiger partial charge in [0.05, 0.1) is 11.4 Å². The minimum absolute atomic E-state index is 0.936. The Hall–Kier alpha value is -2.35.